The fourth-order valence-corrected chi connectivity index (χ4v) is 4.54. The standard InChI is InChI=1S/C24H28F2N2O2/c25-20-11-17(12-21(26)14-20)2-1-16-7-9-28(10-8-16)15-23(29)19-3-5-22-18(13-19)4-6-24(30)27-22/h3,5,11-14,16,23,29H,1-2,4,6-10,15H2,(H,27,30). The second-order valence-corrected chi connectivity index (χ2v) is 8.54. The zero-order chi connectivity index (χ0) is 21.1. The number of aliphatic hydroxyl groups excluding tert-OH is 1. The van der Waals surface area contributed by atoms with Crippen LogP contribution in [-0.2, 0) is 17.6 Å². The smallest absolute Gasteiger partial charge is 0.224 e. The van der Waals surface area contributed by atoms with Crippen molar-refractivity contribution in [2.75, 3.05) is 25.0 Å². The quantitative estimate of drug-likeness (QED) is 0.744. The van der Waals surface area contributed by atoms with E-state index in [1.165, 1.54) is 12.1 Å². The van der Waals surface area contributed by atoms with Crippen LogP contribution in [0.25, 0.3) is 0 Å². The lowest BCUT2D eigenvalue weighted by Gasteiger charge is -2.33. The maximum Gasteiger partial charge on any atom is 0.224 e. The molecule has 4 nitrogen and oxygen atoms in total. The third-order valence-electron chi connectivity index (χ3n) is 6.31. The molecule has 2 N–H and O–H groups in total. The van der Waals surface area contributed by atoms with Crippen LogP contribution in [0.5, 0.6) is 0 Å². The second-order valence-electron chi connectivity index (χ2n) is 8.54. The van der Waals surface area contributed by atoms with E-state index in [1.807, 2.05) is 18.2 Å². The largest absolute Gasteiger partial charge is 0.387 e. The van der Waals surface area contributed by atoms with Crippen molar-refractivity contribution in [2.24, 2.45) is 5.92 Å². The molecule has 0 aromatic heterocycles. The Labute approximate surface area is 175 Å². The van der Waals surface area contributed by atoms with Crippen LogP contribution in [0, 0.1) is 17.6 Å². The number of likely N-dealkylation sites (tertiary alicyclic amines) is 1. The van der Waals surface area contributed by atoms with Gasteiger partial charge in [-0.1, -0.05) is 12.1 Å². The topological polar surface area (TPSA) is 52.6 Å². The molecule has 6 heteroatoms. The maximum absolute atomic E-state index is 13.3. The molecule has 1 atom stereocenters. The number of β-amino-alcohol motifs (C(OH)–C–C–N with tert-alkyl or cyclic N) is 1. The molecule has 0 radical (unpaired) electrons. The average Bonchev–Trinajstić information content (AvgIpc) is 2.72. The highest BCUT2D eigenvalue weighted by molar-refractivity contribution is 5.93. The minimum Gasteiger partial charge on any atom is -0.387 e. The van der Waals surface area contributed by atoms with E-state index in [2.05, 4.69) is 10.2 Å². The van der Waals surface area contributed by atoms with E-state index < -0.39 is 17.7 Å². The molecule has 30 heavy (non-hydrogen) atoms. The van der Waals surface area contributed by atoms with E-state index in [1.54, 1.807) is 0 Å². The molecular formula is C24H28F2N2O2. The van der Waals surface area contributed by atoms with Gasteiger partial charge in [0.25, 0.3) is 0 Å². The lowest BCUT2D eigenvalue weighted by atomic mass is 9.90. The highest BCUT2D eigenvalue weighted by atomic mass is 19.1. The Bertz CT molecular complexity index is 890. The number of halogens is 2. The van der Waals surface area contributed by atoms with E-state index in [-0.39, 0.29) is 5.91 Å². The first-order chi connectivity index (χ1) is 14.5. The summed E-state index contributed by atoms with van der Waals surface area (Å²) in [5.74, 6) is -0.449. The number of aryl methyl sites for hydroxylation is 2. The molecule has 160 valence electrons. The molecule has 0 spiro atoms. The van der Waals surface area contributed by atoms with Gasteiger partial charge in [-0.05, 0) is 86.0 Å². The van der Waals surface area contributed by atoms with E-state index in [0.717, 1.165) is 55.2 Å². The molecule has 4 rings (SSSR count). The highest BCUT2D eigenvalue weighted by Gasteiger charge is 2.23. The van der Waals surface area contributed by atoms with Crippen molar-refractivity contribution < 1.29 is 18.7 Å². The lowest BCUT2D eigenvalue weighted by Crippen LogP contribution is -2.36. The van der Waals surface area contributed by atoms with E-state index in [0.29, 0.717) is 37.3 Å². The Kier molecular flexibility index (Phi) is 6.44. The van der Waals surface area contributed by atoms with Crippen LogP contribution in [0.15, 0.2) is 36.4 Å². The minimum absolute atomic E-state index is 0.0428. The number of anilines is 1. The lowest BCUT2D eigenvalue weighted by molar-refractivity contribution is -0.116. The van der Waals surface area contributed by atoms with Crippen molar-refractivity contribution in [3.8, 4) is 0 Å². The summed E-state index contributed by atoms with van der Waals surface area (Å²) >= 11 is 0. The molecule has 2 aromatic carbocycles. The Balaban J connectivity index is 1.25. The number of carbonyl (C=O) groups excluding carboxylic acids is 1. The number of rotatable bonds is 6. The molecule has 0 bridgehead atoms. The monoisotopic (exact) mass is 414 g/mol. The third-order valence-corrected chi connectivity index (χ3v) is 6.31. The molecular weight excluding hydrogens is 386 g/mol. The van der Waals surface area contributed by atoms with Gasteiger partial charge in [0.2, 0.25) is 5.91 Å². The summed E-state index contributed by atoms with van der Waals surface area (Å²) in [6.07, 6.45) is 4.31. The van der Waals surface area contributed by atoms with Crippen molar-refractivity contribution in [1.29, 1.82) is 0 Å². The van der Waals surface area contributed by atoms with Crippen molar-refractivity contribution in [1.82, 2.24) is 4.90 Å². The van der Waals surface area contributed by atoms with Gasteiger partial charge in [0, 0.05) is 24.7 Å². The first kappa shape index (κ1) is 20.9. The van der Waals surface area contributed by atoms with E-state index >= 15 is 0 Å². The molecule has 0 saturated carbocycles. The summed E-state index contributed by atoms with van der Waals surface area (Å²) in [5, 5.41) is 13.6. The first-order valence-corrected chi connectivity index (χ1v) is 10.7. The van der Waals surface area contributed by atoms with Crippen LogP contribution < -0.4 is 5.32 Å². The van der Waals surface area contributed by atoms with Gasteiger partial charge >= 0.3 is 0 Å². The van der Waals surface area contributed by atoms with Gasteiger partial charge in [-0.25, -0.2) is 8.78 Å². The summed E-state index contributed by atoms with van der Waals surface area (Å²) in [7, 11) is 0. The van der Waals surface area contributed by atoms with Gasteiger partial charge in [-0.15, -0.1) is 0 Å². The molecule has 2 aromatic rings. The number of fused-ring (bicyclic) bond motifs is 1. The Morgan fingerprint density at radius 3 is 2.53 bits per heavy atom. The van der Waals surface area contributed by atoms with Gasteiger partial charge in [0.1, 0.15) is 11.6 Å². The van der Waals surface area contributed by atoms with Gasteiger partial charge in [-0.3, -0.25) is 4.79 Å². The number of piperidine rings is 1. The number of amides is 1. The summed E-state index contributed by atoms with van der Waals surface area (Å²) < 4.78 is 26.7. The van der Waals surface area contributed by atoms with Crippen LogP contribution in [-0.4, -0.2) is 35.5 Å². The second kappa shape index (κ2) is 9.23. The van der Waals surface area contributed by atoms with Gasteiger partial charge in [0.05, 0.1) is 6.10 Å². The number of benzene rings is 2. The molecule has 2 heterocycles. The maximum atomic E-state index is 13.3. The van der Waals surface area contributed by atoms with Crippen LogP contribution in [0.2, 0.25) is 0 Å². The SMILES string of the molecule is O=C1CCc2cc(C(O)CN3CCC(CCc4cc(F)cc(F)c4)CC3)ccc2N1. The molecule has 1 unspecified atom stereocenters. The molecule has 1 fully saturated rings. The zero-order valence-corrected chi connectivity index (χ0v) is 17.0. The molecule has 2 aliphatic heterocycles. The fourth-order valence-electron chi connectivity index (χ4n) is 4.54. The van der Waals surface area contributed by atoms with Crippen LogP contribution in [0.1, 0.15) is 48.5 Å². The predicted molar refractivity (Wildman–Crippen MR) is 112 cm³/mol. The normalized spacial score (nSPS) is 18.7. The zero-order valence-electron chi connectivity index (χ0n) is 17.0. The Hall–Kier alpha value is -2.31. The number of aliphatic hydroxyl groups is 1. The summed E-state index contributed by atoms with van der Waals surface area (Å²) in [6, 6.07) is 9.51. The van der Waals surface area contributed by atoms with Crippen molar-refractivity contribution in [3.05, 3.63) is 64.7 Å². The van der Waals surface area contributed by atoms with Crippen molar-refractivity contribution >= 4 is 11.6 Å². The highest BCUT2D eigenvalue weighted by Crippen LogP contribution is 2.28. The molecule has 0 aliphatic carbocycles. The third kappa shape index (κ3) is 5.24. The fraction of sp³-hybridized carbons (Fsp3) is 0.458. The summed E-state index contributed by atoms with van der Waals surface area (Å²) in [6.45, 7) is 2.42. The minimum atomic E-state index is -0.556. The van der Waals surface area contributed by atoms with E-state index in [4.69, 9.17) is 0 Å². The molecule has 1 amide bonds. The number of hydrogen-bond donors (Lipinski definition) is 2. The van der Waals surface area contributed by atoms with E-state index in [9.17, 15) is 18.7 Å². The first-order valence-electron chi connectivity index (χ1n) is 10.7. The van der Waals surface area contributed by atoms with Crippen LogP contribution >= 0.6 is 0 Å². The summed E-state index contributed by atoms with van der Waals surface area (Å²) in [5.41, 5.74) is 3.54. The molecule has 2 aliphatic rings. The Morgan fingerprint density at radius 1 is 1.07 bits per heavy atom. The summed E-state index contributed by atoms with van der Waals surface area (Å²) in [4.78, 5) is 13.8. The number of nitrogens with one attached hydrogen (secondary N) is 1. The van der Waals surface area contributed by atoms with Crippen molar-refractivity contribution in [2.45, 2.75) is 44.6 Å². The number of nitrogens with zero attached hydrogens (tertiary/aromatic N) is 1. The Morgan fingerprint density at radius 2 is 1.80 bits per heavy atom. The van der Waals surface area contributed by atoms with Crippen LogP contribution in [0.4, 0.5) is 14.5 Å². The average molecular weight is 414 g/mol. The van der Waals surface area contributed by atoms with Gasteiger partial charge in [-0.2, -0.15) is 0 Å². The molecule has 1 saturated heterocycles. The number of carbonyl (C=O) groups is 1. The van der Waals surface area contributed by atoms with Gasteiger partial charge < -0.3 is 15.3 Å². The van der Waals surface area contributed by atoms with Crippen molar-refractivity contribution in [3.63, 3.8) is 0 Å². The van der Waals surface area contributed by atoms with Crippen LogP contribution in [0.3, 0.4) is 0 Å². The predicted octanol–water partition coefficient (Wildman–Crippen LogP) is 4.23. The van der Waals surface area contributed by atoms with Gasteiger partial charge in [0.15, 0.2) is 0 Å². The number of hydrogen-bond acceptors (Lipinski definition) is 3.